The minimum Gasteiger partial charge on any atom is -0.464 e. The van der Waals surface area contributed by atoms with Crippen LogP contribution in [0.5, 0.6) is 0 Å². The molecular formula is C20H41N3O4. The molecule has 7 nitrogen and oxygen atoms in total. The second-order valence-electron chi connectivity index (χ2n) is 6.43. The Morgan fingerprint density at radius 3 is 1.19 bits per heavy atom. The van der Waals surface area contributed by atoms with Gasteiger partial charge in [-0.05, 0) is 32.7 Å². The molecule has 0 aliphatic carbocycles. The van der Waals surface area contributed by atoms with Crippen LogP contribution < -0.4 is 0 Å². The van der Waals surface area contributed by atoms with Crippen LogP contribution in [0.4, 0.5) is 0 Å². The molecule has 0 fully saturated rings. The number of esters is 2. The van der Waals surface area contributed by atoms with E-state index in [2.05, 4.69) is 42.4 Å². The molecule has 0 saturated heterocycles. The zero-order chi connectivity index (χ0) is 20.5. The van der Waals surface area contributed by atoms with E-state index in [0.29, 0.717) is 39.1 Å². The number of carbonyl (C=O) groups excluding carboxylic acids is 2. The highest BCUT2D eigenvalue weighted by molar-refractivity contribution is 5.70. The summed E-state index contributed by atoms with van der Waals surface area (Å²) in [4.78, 5) is 30.2. The fourth-order valence-electron chi connectivity index (χ4n) is 2.73. The molecule has 0 heterocycles. The molecule has 0 spiro atoms. The second kappa shape index (κ2) is 17.0. The van der Waals surface area contributed by atoms with Crippen LogP contribution in [0.3, 0.4) is 0 Å². The lowest BCUT2D eigenvalue weighted by molar-refractivity contribution is -0.144. The van der Waals surface area contributed by atoms with Crippen molar-refractivity contribution in [1.82, 2.24) is 14.7 Å². The van der Waals surface area contributed by atoms with Gasteiger partial charge in [-0.15, -0.1) is 0 Å². The monoisotopic (exact) mass is 387 g/mol. The molecule has 0 rings (SSSR count). The van der Waals surface area contributed by atoms with Crippen molar-refractivity contribution >= 4 is 11.9 Å². The minimum atomic E-state index is -0.178. The lowest BCUT2D eigenvalue weighted by atomic mass is 10.3. The number of hydrogen-bond donors (Lipinski definition) is 0. The third-order valence-electron chi connectivity index (χ3n) is 4.84. The van der Waals surface area contributed by atoms with Crippen molar-refractivity contribution in [2.45, 2.75) is 47.5 Å². The molecule has 0 aliphatic rings. The first-order valence-corrected chi connectivity index (χ1v) is 10.5. The molecule has 0 N–H and O–H groups in total. The summed E-state index contributed by atoms with van der Waals surface area (Å²) in [5.41, 5.74) is 0. The van der Waals surface area contributed by atoms with Crippen LogP contribution in [0.25, 0.3) is 0 Å². The topological polar surface area (TPSA) is 62.3 Å². The van der Waals surface area contributed by atoms with E-state index in [1.54, 1.807) is 0 Å². The van der Waals surface area contributed by atoms with Crippen LogP contribution >= 0.6 is 0 Å². The van der Waals surface area contributed by atoms with Crippen molar-refractivity contribution in [3.63, 3.8) is 0 Å². The second-order valence-corrected chi connectivity index (χ2v) is 6.43. The molecule has 0 unspecified atom stereocenters. The molecule has 27 heavy (non-hydrogen) atoms. The van der Waals surface area contributed by atoms with Crippen molar-refractivity contribution in [1.29, 1.82) is 0 Å². The van der Waals surface area contributed by atoms with Crippen LogP contribution in [0.1, 0.15) is 47.5 Å². The summed E-state index contributed by atoms with van der Waals surface area (Å²) in [6, 6.07) is 0. The predicted molar refractivity (Wildman–Crippen MR) is 109 cm³/mol. The molecule has 7 heteroatoms. The summed E-state index contributed by atoms with van der Waals surface area (Å²) in [6.07, 6.45) is 0.701. The van der Waals surface area contributed by atoms with E-state index in [9.17, 15) is 9.59 Å². The number of hydrogen-bond acceptors (Lipinski definition) is 7. The Labute approximate surface area is 166 Å². The van der Waals surface area contributed by atoms with Gasteiger partial charge in [0.25, 0.3) is 0 Å². The predicted octanol–water partition coefficient (Wildman–Crippen LogP) is 1.86. The standard InChI is InChI=1S/C20H41N3O4/c1-6-21(7-2)15-17-26-19(24)11-13-23(10-5)14-12-20(25)27-18-16-22(8-3)9-4/h6-18H2,1-5H3. The minimum absolute atomic E-state index is 0.178. The smallest absolute Gasteiger partial charge is 0.307 e. The first kappa shape index (κ1) is 25.8. The molecule has 160 valence electrons. The Bertz CT molecular complexity index is 351. The maximum Gasteiger partial charge on any atom is 0.307 e. The number of rotatable bonds is 17. The molecule has 0 aromatic rings. The lowest BCUT2D eigenvalue weighted by Gasteiger charge is -2.21. The SMILES string of the molecule is CCN(CC)CCOC(=O)CCN(CC)CCC(=O)OCCN(CC)CC. The number of nitrogens with zero attached hydrogens (tertiary/aromatic N) is 3. The van der Waals surface area contributed by atoms with Gasteiger partial charge in [-0.2, -0.15) is 0 Å². The third kappa shape index (κ3) is 13.6. The largest absolute Gasteiger partial charge is 0.464 e. The van der Waals surface area contributed by atoms with Crippen molar-refractivity contribution in [2.24, 2.45) is 0 Å². The molecule has 0 aromatic heterocycles. The maximum atomic E-state index is 11.9. The van der Waals surface area contributed by atoms with Crippen molar-refractivity contribution < 1.29 is 19.1 Å². The van der Waals surface area contributed by atoms with Crippen LogP contribution in [-0.2, 0) is 19.1 Å². The Balaban J connectivity index is 3.90. The Kier molecular flexibility index (Phi) is 16.2. The summed E-state index contributed by atoms with van der Waals surface area (Å²) in [5, 5.41) is 0. The van der Waals surface area contributed by atoms with E-state index >= 15 is 0 Å². The highest BCUT2D eigenvalue weighted by atomic mass is 16.5. The lowest BCUT2D eigenvalue weighted by Crippen LogP contribution is -2.31. The van der Waals surface area contributed by atoms with Gasteiger partial charge in [-0.3, -0.25) is 9.59 Å². The maximum absolute atomic E-state index is 11.9. The summed E-state index contributed by atoms with van der Waals surface area (Å²) in [6.45, 7) is 18.7. The average Bonchev–Trinajstić information content (AvgIpc) is 2.68. The fraction of sp³-hybridized carbons (Fsp3) is 0.900. The summed E-state index contributed by atoms with van der Waals surface area (Å²) in [5.74, 6) is -0.357. The highest BCUT2D eigenvalue weighted by Crippen LogP contribution is 1.99. The number of likely N-dealkylation sites (N-methyl/N-ethyl adjacent to an activating group) is 2. The van der Waals surface area contributed by atoms with Gasteiger partial charge in [-0.25, -0.2) is 0 Å². The molecule has 0 radical (unpaired) electrons. The molecule has 0 atom stereocenters. The van der Waals surface area contributed by atoms with Gasteiger partial charge in [0.15, 0.2) is 0 Å². The highest BCUT2D eigenvalue weighted by Gasteiger charge is 2.11. The van der Waals surface area contributed by atoms with E-state index < -0.39 is 0 Å². The van der Waals surface area contributed by atoms with Crippen molar-refractivity contribution in [3.05, 3.63) is 0 Å². The van der Waals surface area contributed by atoms with E-state index in [-0.39, 0.29) is 11.9 Å². The van der Waals surface area contributed by atoms with Gasteiger partial charge in [0.1, 0.15) is 13.2 Å². The number of ether oxygens (including phenoxy) is 2. The van der Waals surface area contributed by atoms with Gasteiger partial charge in [0, 0.05) is 26.2 Å². The van der Waals surface area contributed by atoms with E-state index in [1.165, 1.54) is 0 Å². The van der Waals surface area contributed by atoms with Gasteiger partial charge >= 0.3 is 11.9 Å². The van der Waals surface area contributed by atoms with Crippen LogP contribution in [-0.4, -0.2) is 98.8 Å². The Morgan fingerprint density at radius 1 is 0.556 bits per heavy atom. The summed E-state index contributed by atoms with van der Waals surface area (Å²) in [7, 11) is 0. The van der Waals surface area contributed by atoms with E-state index in [0.717, 1.165) is 45.8 Å². The summed E-state index contributed by atoms with van der Waals surface area (Å²) >= 11 is 0. The first-order valence-electron chi connectivity index (χ1n) is 10.5. The van der Waals surface area contributed by atoms with E-state index in [1.807, 2.05) is 6.92 Å². The van der Waals surface area contributed by atoms with Gasteiger partial charge < -0.3 is 24.2 Å². The molecule has 0 saturated carbocycles. The first-order chi connectivity index (χ1) is 13.0. The van der Waals surface area contributed by atoms with Crippen molar-refractivity contribution in [3.8, 4) is 0 Å². The normalized spacial score (nSPS) is 11.4. The van der Waals surface area contributed by atoms with Crippen LogP contribution in [0.15, 0.2) is 0 Å². The zero-order valence-electron chi connectivity index (χ0n) is 18.2. The summed E-state index contributed by atoms with van der Waals surface area (Å²) < 4.78 is 10.6. The molecule has 0 aromatic carbocycles. The van der Waals surface area contributed by atoms with E-state index in [4.69, 9.17) is 9.47 Å². The van der Waals surface area contributed by atoms with Crippen LogP contribution in [0, 0.1) is 0 Å². The van der Waals surface area contributed by atoms with Gasteiger partial charge in [0.05, 0.1) is 12.8 Å². The molecule has 0 aliphatic heterocycles. The van der Waals surface area contributed by atoms with Crippen LogP contribution in [0.2, 0.25) is 0 Å². The average molecular weight is 388 g/mol. The quantitative estimate of drug-likeness (QED) is 0.353. The molecule has 0 amide bonds. The van der Waals surface area contributed by atoms with Gasteiger partial charge in [-0.1, -0.05) is 34.6 Å². The molecule has 0 bridgehead atoms. The third-order valence-corrected chi connectivity index (χ3v) is 4.84. The van der Waals surface area contributed by atoms with Crippen molar-refractivity contribution in [2.75, 3.05) is 72.1 Å². The van der Waals surface area contributed by atoms with Gasteiger partial charge in [0.2, 0.25) is 0 Å². The fourth-order valence-corrected chi connectivity index (χ4v) is 2.73. The number of carbonyl (C=O) groups is 2. The molecular weight excluding hydrogens is 346 g/mol. The Morgan fingerprint density at radius 2 is 0.889 bits per heavy atom. The zero-order valence-corrected chi connectivity index (χ0v) is 18.2. The Hall–Kier alpha value is -1.18.